The Balaban J connectivity index is 1.55. The number of rotatable bonds is 10. The number of amides is 1. The van der Waals surface area contributed by atoms with Gasteiger partial charge in [0.25, 0.3) is 11.6 Å². The van der Waals surface area contributed by atoms with Gasteiger partial charge >= 0.3 is 0 Å². The average Bonchev–Trinajstić information content (AvgIpc) is 3.22. The number of aliphatic imine (C=N–C) groups is 1. The lowest BCUT2D eigenvalue weighted by atomic mass is 10.1. The Bertz CT molecular complexity index is 1390. The Kier molecular flexibility index (Phi) is 8.81. The van der Waals surface area contributed by atoms with E-state index in [9.17, 15) is 14.9 Å². The molecular formula is C29H29N3O5S. The first kappa shape index (κ1) is 26.9. The number of carbonyl (C=O) groups is 1. The molecule has 0 N–H and O–H groups in total. The number of likely N-dealkylation sites (N-methyl/N-ethyl adjacent to an activating group) is 1. The third-order valence-corrected chi connectivity index (χ3v) is 6.91. The molecule has 0 bridgehead atoms. The van der Waals surface area contributed by atoms with Crippen LogP contribution in [-0.2, 0) is 17.8 Å². The van der Waals surface area contributed by atoms with Crippen molar-refractivity contribution in [3.05, 3.63) is 98.4 Å². The lowest BCUT2D eigenvalue weighted by Gasteiger charge is -2.13. The molecule has 1 aliphatic rings. The van der Waals surface area contributed by atoms with Gasteiger partial charge in [0.15, 0.2) is 16.7 Å². The fourth-order valence-electron chi connectivity index (χ4n) is 3.92. The normalized spacial score (nSPS) is 15.3. The monoisotopic (exact) mass is 531 g/mol. The van der Waals surface area contributed by atoms with Gasteiger partial charge in [0.05, 0.1) is 22.1 Å². The Morgan fingerprint density at radius 2 is 1.76 bits per heavy atom. The van der Waals surface area contributed by atoms with E-state index in [1.165, 1.54) is 23.9 Å². The third-order valence-electron chi connectivity index (χ3n) is 5.90. The van der Waals surface area contributed by atoms with Crippen LogP contribution in [0.25, 0.3) is 6.08 Å². The molecule has 1 heterocycles. The number of nitrogens with zero attached hydrogens (tertiary/aromatic N) is 3. The summed E-state index contributed by atoms with van der Waals surface area (Å²) in [6, 6.07) is 19.7. The maximum atomic E-state index is 13.2. The summed E-state index contributed by atoms with van der Waals surface area (Å²) in [6.07, 6.45) is 2.70. The van der Waals surface area contributed by atoms with Crippen LogP contribution in [0.2, 0.25) is 0 Å². The molecule has 0 radical (unpaired) electrons. The van der Waals surface area contributed by atoms with E-state index in [0.717, 1.165) is 28.8 Å². The van der Waals surface area contributed by atoms with Gasteiger partial charge in [0.1, 0.15) is 6.61 Å². The maximum absolute atomic E-state index is 13.2. The first-order chi connectivity index (χ1) is 18.4. The first-order valence-corrected chi connectivity index (χ1v) is 13.3. The minimum Gasteiger partial charge on any atom is -0.490 e. The Morgan fingerprint density at radius 1 is 1.00 bits per heavy atom. The summed E-state index contributed by atoms with van der Waals surface area (Å²) >= 11 is 1.36. The van der Waals surface area contributed by atoms with E-state index in [2.05, 4.69) is 6.92 Å². The van der Waals surface area contributed by atoms with E-state index in [0.29, 0.717) is 34.7 Å². The predicted molar refractivity (Wildman–Crippen MR) is 151 cm³/mol. The minimum atomic E-state index is -0.433. The number of carbonyl (C=O) groups excluding carboxylic acids is 1. The Hall–Kier alpha value is -4.11. The van der Waals surface area contributed by atoms with Gasteiger partial charge in [0.2, 0.25) is 0 Å². The largest absolute Gasteiger partial charge is 0.490 e. The van der Waals surface area contributed by atoms with Crippen LogP contribution in [0.4, 0.5) is 11.4 Å². The van der Waals surface area contributed by atoms with Gasteiger partial charge in [-0.15, -0.1) is 0 Å². The molecule has 0 saturated carbocycles. The number of amidine groups is 1. The van der Waals surface area contributed by atoms with Crippen LogP contribution in [0.5, 0.6) is 11.5 Å². The Morgan fingerprint density at radius 3 is 2.45 bits per heavy atom. The molecule has 3 aromatic carbocycles. The van der Waals surface area contributed by atoms with Crippen LogP contribution in [0.1, 0.15) is 37.5 Å². The van der Waals surface area contributed by atoms with Crippen molar-refractivity contribution >= 4 is 40.3 Å². The summed E-state index contributed by atoms with van der Waals surface area (Å²) in [5, 5.41) is 11.5. The third kappa shape index (κ3) is 6.23. The molecule has 38 heavy (non-hydrogen) atoms. The molecule has 0 spiro atoms. The van der Waals surface area contributed by atoms with Crippen molar-refractivity contribution in [2.24, 2.45) is 4.99 Å². The SMILES string of the molecule is CCOc1cc(/C=C2/SC(=Nc3ccccc3CC)N(CC)C2=O)ccc1OCc1ccc([N+](=O)[O-])cc1. The van der Waals surface area contributed by atoms with Crippen molar-refractivity contribution in [3.63, 3.8) is 0 Å². The van der Waals surface area contributed by atoms with Crippen molar-refractivity contribution in [2.75, 3.05) is 13.2 Å². The molecule has 0 aliphatic carbocycles. The van der Waals surface area contributed by atoms with Gasteiger partial charge in [0, 0.05) is 18.7 Å². The number of ether oxygens (including phenoxy) is 2. The predicted octanol–water partition coefficient (Wildman–Crippen LogP) is 6.76. The van der Waals surface area contributed by atoms with Gasteiger partial charge in [-0.1, -0.05) is 31.2 Å². The number of hydrogen-bond acceptors (Lipinski definition) is 7. The summed E-state index contributed by atoms with van der Waals surface area (Å²) in [7, 11) is 0. The summed E-state index contributed by atoms with van der Waals surface area (Å²) in [6.45, 7) is 7.11. The number of hydrogen-bond donors (Lipinski definition) is 0. The molecule has 0 unspecified atom stereocenters. The van der Waals surface area contributed by atoms with Gasteiger partial charge in [-0.3, -0.25) is 19.8 Å². The number of aryl methyl sites for hydroxylation is 1. The van der Waals surface area contributed by atoms with Gasteiger partial charge in [-0.25, -0.2) is 4.99 Å². The second-order valence-corrected chi connectivity index (χ2v) is 9.40. The highest BCUT2D eigenvalue weighted by atomic mass is 32.2. The first-order valence-electron chi connectivity index (χ1n) is 12.4. The molecule has 4 rings (SSSR count). The van der Waals surface area contributed by atoms with E-state index < -0.39 is 4.92 Å². The van der Waals surface area contributed by atoms with Gasteiger partial charge < -0.3 is 9.47 Å². The lowest BCUT2D eigenvalue weighted by Crippen LogP contribution is -2.28. The number of para-hydroxylation sites is 1. The van der Waals surface area contributed by atoms with Crippen molar-refractivity contribution in [2.45, 2.75) is 33.8 Å². The van der Waals surface area contributed by atoms with E-state index in [1.807, 2.05) is 56.3 Å². The zero-order valence-corrected chi connectivity index (χ0v) is 22.4. The number of benzene rings is 3. The smallest absolute Gasteiger partial charge is 0.269 e. The standard InChI is InChI=1S/C29H29N3O5S/c1-4-22-9-7-8-10-24(22)30-29-31(5-2)28(33)27(38-29)18-21-13-16-25(26(17-21)36-6-3)37-19-20-11-14-23(15-12-20)32(34)35/h7-18H,4-6,19H2,1-3H3/b27-18+,30-29?. The van der Waals surface area contributed by atoms with Gasteiger partial charge in [-0.05, 0) is 85.1 Å². The lowest BCUT2D eigenvalue weighted by molar-refractivity contribution is -0.384. The second kappa shape index (κ2) is 12.4. The second-order valence-electron chi connectivity index (χ2n) is 8.39. The maximum Gasteiger partial charge on any atom is 0.269 e. The van der Waals surface area contributed by atoms with Crippen LogP contribution in [0.15, 0.2) is 76.6 Å². The fraction of sp³-hybridized carbons (Fsp3) is 0.241. The summed E-state index contributed by atoms with van der Waals surface area (Å²) < 4.78 is 11.8. The molecule has 3 aromatic rings. The number of non-ortho nitro benzene ring substituents is 1. The molecule has 196 valence electrons. The molecule has 0 aromatic heterocycles. The van der Waals surface area contributed by atoms with E-state index >= 15 is 0 Å². The molecule has 8 nitrogen and oxygen atoms in total. The average molecular weight is 532 g/mol. The van der Waals surface area contributed by atoms with Crippen LogP contribution < -0.4 is 9.47 Å². The Labute approximate surface area is 226 Å². The van der Waals surface area contributed by atoms with Crippen LogP contribution in [0.3, 0.4) is 0 Å². The van der Waals surface area contributed by atoms with Crippen LogP contribution in [0, 0.1) is 10.1 Å². The molecule has 1 saturated heterocycles. The highest BCUT2D eigenvalue weighted by Crippen LogP contribution is 2.36. The topological polar surface area (TPSA) is 94.3 Å². The van der Waals surface area contributed by atoms with Crippen molar-refractivity contribution in [1.82, 2.24) is 4.90 Å². The van der Waals surface area contributed by atoms with E-state index in [4.69, 9.17) is 14.5 Å². The van der Waals surface area contributed by atoms with E-state index in [-0.39, 0.29) is 18.2 Å². The minimum absolute atomic E-state index is 0.0323. The number of nitro groups is 1. The summed E-state index contributed by atoms with van der Waals surface area (Å²) in [5.41, 5.74) is 3.64. The zero-order chi connectivity index (χ0) is 27.1. The molecule has 0 atom stereocenters. The highest BCUT2D eigenvalue weighted by Gasteiger charge is 2.32. The molecule has 1 amide bonds. The fourth-order valence-corrected chi connectivity index (χ4v) is 4.98. The summed E-state index contributed by atoms with van der Waals surface area (Å²) in [5.74, 6) is 1.02. The number of nitro benzene ring substituents is 1. The van der Waals surface area contributed by atoms with Crippen molar-refractivity contribution in [3.8, 4) is 11.5 Å². The van der Waals surface area contributed by atoms with E-state index in [1.54, 1.807) is 23.1 Å². The van der Waals surface area contributed by atoms with Gasteiger partial charge in [-0.2, -0.15) is 0 Å². The van der Waals surface area contributed by atoms with Crippen molar-refractivity contribution in [1.29, 1.82) is 0 Å². The molecule has 1 fully saturated rings. The number of thioether (sulfide) groups is 1. The highest BCUT2D eigenvalue weighted by molar-refractivity contribution is 8.18. The molecular weight excluding hydrogens is 502 g/mol. The quantitative estimate of drug-likeness (QED) is 0.163. The molecule has 1 aliphatic heterocycles. The van der Waals surface area contributed by atoms with Crippen molar-refractivity contribution < 1.29 is 19.2 Å². The molecule has 9 heteroatoms. The summed E-state index contributed by atoms with van der Waals surface area (Å²) in [4.78, 5) is 30.7. The van der Waals surface area contributed by atoms with Crippen LogP contribution in [-0.4, -0.2) is 34.0 Å². The van der Waals surface area contributed by atoms with Crippen LogP contribution >= 0.6 is 11.8 Å². The zero-order valence-electron chi connectivity index (χ0n) is 21.5.